The number of likely N-dealkylation sites (tertiary alicyclic amines) is 1. The number of carbonyl (C=O) groups is 1. The van der Waals surface area contributed by atoms with Gasteiger partial charge in [-0.05, 0) is 82.6 Å². The van der Waals surface area contributed by atoms with Crippen LogP contribution in [0.4, 0.5) is 22.0 Å². The van der Waals surface area contributed by atoms with Crippen LogP contribution in [0.15, 0.2) is 48.7 Å². The maximum atomic E-state index is 12.5. The van der Waals surface area contributed by atoms with Gasteiger partial charge in [-0.3, -0.25) is 0 Å². The van der Waals surface area contributed by atoms with Gasteiger partial charge in [-0.15, -0.1) is 10.2 Å². The fraction of sp³-hybridized carbons (Fsp3) is 0.529. The molecule has 45 heavy (non-hydrogen) atoms. The first-order valence-corrected chi connectivity index (χ1v) is 16.1. The number of piperazine rings is 1. The van der Waals surface area contributed by atoms with Crippen LogP contribution in [0.3, 0.4) is 0 Å². The van der Waals surface area contributed by atoms with Crippen molar-refractivity contribution in [3.8, 4) is 22.9 Å². The number of para-hydroxylation sites is 1. The number of nitrogens with zero attached hydrogens (tertiary/aromatic N) is 6. The van der Waals surface area contributed by atoms with Crippen LogP contribution in [0, 0.1) is 11.8 Å². The number of ether oxygens (including phenoxy) is 2. The Morgan fingerprint density at radius 3 is 2.51 bits per heavy atom. The average Bonchev–Trinajstić information content (AvgIpc) is 3.27. The number of nitrogens with two attached hydrogens (primary N) is 1. The van der Waals surface area contributed by atoms with Crippen LogP contribution in [0.25, 0.3) is 11.3 Å². The molecule has 1 aromatic carbocycles. The van der Waals surface area contributed by atoms with E-state index in [0.29, 0.717) is 66.6 Å². The van der Waals surface area contributed by atoms with Gasteiger partial charge < -0.3 is 35.0 Å². The van der Waals surface area contributed by atoms with Crippen molar-refractivity contribution < 1.29 is 19.4 Å². The third-order valence-corrected chi connectivity index (χ3v) is 9.29. The Labute approximate surface area is 265 Å². The van der Waals surface area contributed by atoms with Crippen molar-refractivity contribution in [3.05, 3.63) is 48.7 Å². The summed E-state index contributed by atoms with van der Waals surface area (Å²) in [6, 6.07) is 13.8. The highest BCUT2D eigenvalue weighted by Gasteiger charge is 2.41. The molecule has 3 N–H and O–H groups in total. The first-order chi connectivity index (χ1) is 21.6. The fourth-order valence-electron chi connectivity index (χ4n) is 7.06. The largest absolute Gasteiger partial charge is 0.507 e. The Morgan fingerprint density at radius 1 is 1.04 bits per heavy atom. The molecule has 3 unspecified atom stereocenters. The molecule has 0 saturated carbocycles. The topological polar surface area (TPSA) is 130 Å². The van der Waals surface area contributed by atoms with Crippen LogP contribution in [0.5, 0.6) is 11.6 Å². The second-order valence-electron chi connectivity index (χ2n) is 13.7. The van der Waals surface area contributed by atoms with Crippen molar-refractivity contribution in [3.63, 3.8) is 0 Å². The Hall–Kier alpha value is -4.28. The monoisotopic (exact) mass is 615 g/mol. The highest BCUT2D eigenvalue weighted by Crippen LogP contribution is 2.39. The Kier molecular flexibility index (Phi) is 8.61. The van der Waals surface area contributed by atoms with Crippen LogP contribution >= 0.6 is 0 Å². The zero-order valence-electron chi connectivity index (χ0n) is 26.7. The van der Waals surface area contributed by atoms with E-state index in [1.54, 1.807) is 12.1 Å². The summed E-state index contributed by atoms with van der Waals surface area (Å²) >= 11 is 0. The van der Waals surface area contributed by atoms with Crippen molar-refractivity contribution in [1.29, 1.82) is 0 Å². The summed E-state index contributed by atoms with van der Waals surface area (Å²) in [5.41, 5.74) is 9.06. The zero-order chi connectivity index (χ0) is 31.7. The number of pyridine rings is 1. The van der Waals surface area contributed by atoms with Gasteiger partial charge in [-0.2, -0.15) is 0 Å². The van der Waals surface area contributed by atoms with Gasteiger partial charge in [0, 0.05) is 61.8 Å². The zero-order valence-corrected chi connectivity index (χ0v) is 26.7. The number of aromatic hydroxyl groups is 1. The molecule has 0 spiro atoms. The third-order valence-electron chi connectivity index (χ3n) is 9.29. The molecule has 4 atom stereocenters. The Bertz CT molecular complexity index is 1500. The predicted molar refractivity (Wildman–Crippen MR) is 174 cm³/mol. The number of hydrogen-bond acceptors (Lipinski definition) is 10. The minimum Gasteiger partial charge on any atom is -0.507 e. The van der Waals surface area contributed by atoms with E-state index in [1.165, 1.54) is 0 Å². The van der Waals surface area contributed by atoms with E-state index in [4.69, 9.17) is 15.2 Å². The molecule has 3 saturated heterocycles. The normalized spacial score (nSPS) is 23.2. The number of carbonyl (C=O) groups excluding carboxylic acids is 1. The van der Waals surface area contributed by atoms with Gasteiger partial charge in [0.1, 0.15) is 11.4 Å². The van der Waals surface area contributed by atoms with Crippen LogP contribution in [-0.4, -0.2) is 81.8 Å². The fourth-order valence-corrected chi connectivity index (χ4v) is 7.06. The summed E-state index contributed by atoms with van der Waals surface area (Å²) in [4.78, 5) is 23.7. The summed E-state index contributed by atoms with van der Waals surface area (Å²) in [5, 5.41) is 18.8. The lowest BCUT2D eigenvalue weighted by Crippen LogP contribution is -2.54. The number of nitrogen functional groups attached to an aromatic ring is 1. The van der Waals surface area contributed by atoms with E-state index in [2.05, 4.69) is 44.0 Å². The minimum atomic E-state index is -0.483. The molecule has 2 aromatic heterocycles. The van der Waals surface area contributed by atoms with Crippen molar-refractivity contribution in [2.24, 2.45) is 11.8 Å². The van der Waals surface area contributed by atoms with Gasteiger partial charge in [0.25, 0.3) is 0 Å². The molecule has 3 aliphatic heterocycles. The molecule has 2 bridgehead atoms. The van der Waals surface area contributed by atoms with Gasteiger partial charge in [0.15, 0.2) is 5.82 Å². The number of hydrogen-bond donors (Lipinski definition) is 2. The van der Waals surface area contributed by atoms with E-state index in [0.717, 1.165) is 50.1 Å². The SMILES string of the molecule is C[C@@H]1CN(C(=O)OC(C)(C)C)CCC1CCOc1cc(N2C3CCC2CN(c2cc(-c4ccccc4O)nnc2N)C3)ccn1. The number of phenolic OH excluding ortho intramolecular Hbond substituents is 1. The van der Waals surface area contributed by atoms with Gasteiger partial charge in [0.05, 0.1) is 18.0 Å². The maximum absolute atomic E-state index is 12.5. The molecule has 3 aliphatic rings. The molecule has 240 valence electrons. The van der Waals surface area contributed by atoms with Gasteiger partial charge >= 0.3 is 6.09 Å². The third kappa shape index (κ3) is 6.87. The van der Waals surface area contributed by atoms with Crippen LogP contribution in [0.2, 0.25) is 0 Å². The second-order valence-corrected chi connectivity index (χ2v) is 13.7. The maximum Gasteiger partial charge on any atom is 0.410 e. The van der Waals surface area contributed by atoms with E-state index in [9.17, 15) is 9.90 Å². The van der Waals surface area contributed by atoms with Crippen molar-refractivity contribution in [2.45, 2.75) is 71.1 Å². The molecule has 11 heteroatoms. The highest BCUT2D eigenvalue weighted by molar-refractivity contribution is 5.74. The molecule has 5 heterocycles. The lowest BCUT2D eigenvalue weighted by molar-refractivity contribution is 0.0103. The molecule has 0 aliphatic carbocycles. The highest BCUT2D eigenvalue weighted by atomic mass is 16.6. The number of aromatic nitrogens is 3. The summed E-state index contributed by atoms with van der Waals surface area (Å²) in [5.74, 6) is 2.06. The summed E-state index contributed by atoms with van der Waals surface area (Å²) in [7, 11) is 0. The van der Waals surface area contributed by atoms with Gasteiger partial charge in [0.2, 0.25) is 5.88 Å². The lowest BCUT2D eigenvalue weighted by atomic mass is 9.85. The number of phenols is 1. The Morgan fingerprint density at radius 2 is 1.80 bits per heavy atom. The second kappa shape index (κ2) is 12.6. The number of anilines is 3. The molecule has 6 rings (SSSR count). The summed E-state index contributed by atoms with van der Waals surface area (Å²) in [6.45, 7) is 11.5. The number of fused-ring (bicyclic) bond motifs is 2. The molecule has 1 amide bonds. The van der Waals surface area contributed by atoms with Crippen molar-refractivity contribution in [1.82, 2.24) is 20.1 Å². The van der Waals surface area contributed by atoms with Crippen LogP contribution < -0.4 is 20.3 Å². The molecule has 0 radical (unpaired) electrons. The van der Waals surface area contributed by atoms with Crippen molar-refractivity contribution >= 4 is 23.3 Å². The first kappa shape index (κ1) is 30.7. The average molecular weight is 616 g/mol. The molecular formula is C34H45N7O4. The summed E-state index contributed by atoms with van der Waals surface area (Å²) < 4.78 is 11.8. The molecule has 11 nitrogen and oxygen atoms in total. The number of amides is 1. The van der Waals surface area contributed by atoms with Crippen molar-refractivity contribution in [2.75, 3.05) is 48.3 Å². The minimum absolute atomic E-state index is 0.168. The number of rotatable bonds is 7. The lowest BCUT2D eigenvalue weighted by Gasteiger charge is -2.43. The van der Waals surface area contributed by atoms with E-state index in [1.807, 2.05) is 50.1 Å². The van der Waals surface area contributed by atoms with Crippen LogP contribution in [0.1, 0.15) is 53.4 Å². The predicted octanol–water partition coefficient (Wildman–Crippen LogP) is 5.35. The Balaban J connectivity index is 1.05. The van der Waals surface area contributed by atoms with Crippen LogP contribution in [-0.2, 0) is 4.74 Å². The molecular weight excluding hydrogens is 570 g/mol. The summed E-state index contributed by atoms with van der Waals surface area (Å²) in [6.07, 6.45) is 5.65. The quantitative estimate of drug-likeness (QED) is 0.359. The number of benzene rings is 1. The molecule has 3 fully saturated rings. The first-order valence-electron chi connectivity index (χ1n) is 16.1. The smallest absolute Gasteiger partial charge is 0.410 e. The number of piperidine rings is 1. The van der Waals surface area contributed by atoms with E-state index in [-0.39, 0.29) is 11.8 Å². The standard InChI is InChI=1S/C34H45N7O4/c1-22-19-39(33(43)45-34(2,3)4)15-12-23(22)13-16-44-31-17-24(11-14-36-31)41-25-9-10-26(41)21-40(20-25)29-18-28(37-38-32(29)35)27-7-5-6-8-30(27)42/h5-8,11,14,17-18,22-23,25-26,42H,9-10,12-13,15-16,19-21H2,1-4H3,(H2,35,38)/t22-,23?,25?,26?/m1/s1. The van der Waals surface area contributed by atoms with Gasteiger partial charge in [-0.1, -0.05) is 19.1 Å². The van der Waals surface area contributed by atoms with E-state index >= 15 is 0 Å². The molecule has 3 aromatic rings. The van der Waals surface area contributed by atoms with E-state index < -0.39 is 5.60 Å². The van der Waals surface area contributed by atoms with Gasteiger partial charge in [-0.25, -0.2) is 9.78 Å².